The minimum atomic E-state index is -0.379. The minimum Gasteiger partial charge on any atom is -0.462 e. The van der Waals surface area contributed by atoms with Crippen molar-refractivity contribution in [3.05, 3.63) is 55.9 Å². The number of benzene rings is 1. The molecular weight excluding hydrogens is 468 g/mol. The van der Waals surface area contributed by atoms with E-state index in [4.69, 9.17) is 4.74 Å². The van der Waals surface area contributed by atoms with Crippen molar-refractivity contribution >= 4 is 53.7 Å². The smallest absolute Gasteiger partial charge is 0.338 e. The summed E-state index contributed by atoms with van der Waals surface area (Å²) < 4.78 is 7.85. The Morgan fingerprint density at radius 3 is 2.67 bits per heavy atom. The lowest BCUT2D eigenvalue weighted by Gasteiger charge is -2.06. The molecule has 0 amide bonds. The van der Waals surface area contributed by atoms with Crippen molar-refractivity contribution in [2.45, 2.75) is 33.6 Å². The fraction of sp³-hybridized carbons (Fsp3) is 0.286. The molecule has 4 aromatic rings. The van der Waals surface area contributed by atoms with Crippen LogP contribution >= 0.6 is 27.3 Å². The van der Waals surface area contributed by atoms with E-state index in [0.29, 0.717) is 28.1 Å². The molecule has 0 unspecified atom stereocenters. The maximum Gasteiger partial charge on any atom is 0.338 e. The molecule has 0 aliphatic heterocycles. The number of esters is 1. The molecule has 9 heteroatoms. The van der Waals surface area contributed by atoms with Gasteiger partial charge in [-0.05, 0) is 66.0 Å². The largest absolute Gasteiger partial charge is 0.462 e. The zero-order valence-electron chi connectivity index (χ0n) is 16.7. The van der Waals surface area contributed by atoms with Crippen LogP contribution in [-0.4, -0.2) is 32.6 Å². The number of unbranched alkanes of at least 4 members (excludes halogenated alkanes) is 1. The second-order valence-electron chi connectivity index (χ2n) is 6.94. The predicted molar refractivity (Wildman–Crippen MR) is 121 cm³/mol. The van der Waals surface area contributed by atoms with E-state index in [1.54, 1.807) is 24.3 Å². The Kier molecular flexibility index (Phi) is 5.66. The lowest BCUT2D eigenvalue weighted by atomic mass is 10.1. The molecule has 154 valence electrons. The molecule has 0 aliphatic rings. The van der Waals surface area contributed by atoms with E-state index in [2.05, 4.69) is 31.2 Å². The average Bonchev–Trinajstić information content (AvgIpc) is 3.12. The molecule has 3 aromatic heterocycles. The number of ether oxygens (including phenoxy) is 1. The zero-order chi connectivity index (χ0) is 21.4. The maximum absolute atomic E-state index is 13.1. The van der Waals surface area contributed by atoms with E-state index in [9.17, 15) is 9.59 Å². The summed E-state index contributed by atoms with van der Waals surface area (Å²) in [5, 5.41) is 9.29. The van der Waals surface area contributed by atoms with Crippen molar-refractivity contribution in [1.82, 2.24) is 20.0 Å². The van der Waals surface area contributed by atoms with Gasteiger partial charge in [-0.3, -0.25) is 4.79 Å². The number of fused-ring (bicyclic) bond motifs is 3. The summed E-state index contributed by atoms with van der Waals surface area (Å²) in [5.74, 6) is -0.379. The van der Waals surface area contributed by atoms with Gasteiger partial charge in [0.1, 0.15) is 15.0 Å². The molecule has 0 N–H and O–H groups in total. The highest BCUT2D eigenvalue weighted by molar-refractivity contribution is 9.10. The molecule has 0 fully saturated rings. The molecular formula is C21H19BrN4O3S. The van der Waals surface area contributed by atoms with Crippen LogP contribution < -0.4 is 5.56 Å². The molecule has 1 aromatic carbocycles. The van der Waals surface area contributed by atoms with Crippen LogP contribution in [0.15, 0.2) is 33.5 Å². The lowest BCUT2D eigenvalue weighted by molar-refractivity contribution is 0.0500. The third-order valence-corrected chi connectivity index (χ3v) is 7.08. The molecule has 0 bridgehead atoms. The first-order chi connectivity index (χ1) is 14.4. The fourth-order valence-corrected chi connectivity index (χ4v) is 4.60. The van der Waals surface area contributed by atoms with Gasteiger partial charge >= 0.3 is 5.97 Å². The molecule has 0 saturated carbocycles. The molecule has 0 spiro atoms. The Hall–Kier alpha value is -2.65. The zero-order valence-corrected chi connectivity index (χ0v) is 19.1. The number of halogens is 1. The standard InChI is InChI=1S/C21H19BrN4O3S/c1-4-5-10-29-21(28)13-6-8-14(9-7-13)26-20(27)18-17(24-25-26)15-11(2)16(22)12(3)23-19(15)30-18/h6-9H,4-5,10H2,1-3H3. The summed E-state index contributed by atoms with van der Waals surface area (Å²) >= 11 is 4.86. The van der Waals surface area contributed by atoms with Gasteiger partial charge in [0.05, 0.1) is 23.6 Å². The van der Waals surface area contributed by atoms with E-state index in [0.717, 1.165) is 38.8 Å². The van der Waals surface area contributed by atoms with E-state index in [1.165, 1.54) is 16.0 Å². The number of carbonyl (C=O) groups excluding carboxylic acids is 1. The van der Waals surface area contributed by atoms with Crippen LogP contribution in [0.25, 0.3) is 26.1 Å². The van der Waals surface area contributed by atoms with Crippen molar-refractivity contribution in [3.63, 3.8) is 0 Å². The van der Waals surface area contributed by atoms with Crippen LogP contribution in [0.1, 0.15) is 41.4 Å². The number of hydrogen-bond acceptors (Lipinski definition) is 7. The van der Waals surface area contributed by atoms with Gasteiger partial charge in [0.2, 0.25) is 0 Å². The first-order valence-electron chi connectivity index (χ1n) is 9.54. The number of hydrogen-bond donors (Lipinski definition) is 0. The van der Waals surface area contributed by atoms with Crippen LogP contribution in [0.4, 0.5) is 0 Å². The summed E-state index contributed by atoms with van der Waals surface area (Å²) in [4.78, 5) is 30.5. The number of carbonyl (C=O) groups is 1. The molecule has 0 saturated heterocycles. The first kappa shape index (κ1) is 20.6. The SMILES string of the molecule is CCCCOC(=O)c1ccc(-n2nnc3c(sc4nc(C)c(Br)c(C)c43)c2=O)cc1. The molecule has 4 rings (SSSR count). The lowest BCUT2D eigenvalue weighted by Crippen LogP contribution is -2.21. The number of nitrogens with zero attached hydrogens (tertiary/aromatic N) is 4. The summed E-state index contributed by atoms with van der Waals surface area (Å²) in [7, 11) is 0. The highest BCUT2D eigenvalue weighted by Gasteiger charge is 2.18. The fourth-order valence-electron chi connectivity index (χ4n) is 3.18. The molecule has 30 heavy (non-hydrogen) atoms. The number of aromatic nitrogens is 4. The van der Waals surface area contributed by atoms with Crippen molar-refractivity contribution in [2.75, 3.05) is 6.61 Å². The molecule has 7 nitrogen and oxygen atoms in total. The molecule has 0 atom stereocenters. The highest BCUT2D eigenvalue weighted by Crippen LogP contribution is 2.35. The Labute approximate surface area is 184 Å². The van der Waals surface area contributed by atoms with E-state index >= 15 is 0 Å². The van der Waals surface area contributed by atoms with Crippen LogP contribution in [-0.2, 0) is 4.74 Å². The van der Waals surface area contributed by atoms with Gasteiger partial charge < -0.3 is 4.74 Å². The maximum atomic E-state index is 13.1. The van der Waals surface area contributed by atoms with Crippen LogP contribution in [0.3, 0.4) is 0 Å². The van der Waals surface area contributed by atoms with E-state index < -0.39 is 0 Å². The minimum absolute atomic E-state index is 0.269. The van der Waals surface area contributed by atoms with Crippen LogP contribution in [0.2, 0.25) is 0 Å². The van der Waals surface area contributed by atoms with E-state index in [1.807, 2.05) is 20.8 Å². The topological polar surface area (TPSA) is 87.0 Å². The Balaban J connectivity index is 1.74. The summed E-state index contributed by atoms with van der Waals surface area (Å²) in [6, 6.07) is 6.57. The van der Waals surface area contributed by atoms with Crippen LogP contribution in [0, 0.1) is 13.8 Å². The van der Waals surface area contributed by atoms with Gasteiger partial charge in [-0.1, -0.05) is 18.6 Å². The summed E-state index contributed by atoms with van der Waals surface area (Å²) in [6.07, 6.45) is 1.79. The van der Waals surface area contributed by atoms with Crippen molar-refractivity contribution in [3.8, 4) is 5.69 Å². The second-order valence-corrected chi connectivity index (χ2v) is 8.73. The van der Waals surface area contributed by atoms with Crippen molar-refractivity contribution in [1.29, 1.82) is 0 Å². The number of rotatable bonds is 5. The second kappa shape index (κ2) is 8.23. The summed E-state index contributed by atoms with van der Waals surface area (Å²) in [6.45, 7) is 6.32. The van der Waals surface area contributed by atoms with Gasteiger partial charge in [-0.25, -0.2) is 9.78 Å². The molecule has 0 aliphatic carbocycles. The van der Waals surface area contributed by atoms with E-state index in [-0.39, 0.29) is 11.5 Å². The van der Waals surface area contributed by atoms with Gasteiger partial charge in [-0.2, -0.15) is 4.68 Å². The average molecular weight is 487 g/mol. The van der Waals surface area contributed by atoms with Crippen LogP contribution in [0.5, 0.6) is 0 Å². The van der Waals surface area contributed by atoms with Crippen molar-refractivity contribution in [2.24, 2.45) is 0 Å². The first-order valence-corrected chi connectivity index (χ1v) is 11.2. The van der Waals surface area contributed by atoms with Gasteiger partial charge in [0.25, 0.3) is 5.56 Å². The number of pyridine rings is 1. The quantitative estimate of drug-likeness (QED) is 0.299. The Morgan fingerprint density at radius 2 is 1.97 bits per heavy atom. The van der Waals surface area contributed by atoms with Gasteiger partial charge in [0.15, 0.2) is 0 Å². The Bertz CT molecular complexity index is 1330. The number of aryl methyl sites for hydroxylation is 2. The number of thiophene rings is 1. The molecule has 0 radical (unpaired) electrons. The highest BCUT2D eigenvalue weighted by atomic mass is 79.9. The third-order valence-electron chi connectivity index (χ3n) is 4.86. The third kappa shape index (κ3) is 3.52. The Morgan fingerprint density at radius 1 is 1.23 bits per heavy atom. The van der Waals surface area contributed by atoms with Gasteiger partial charge in [0, 0.05) is 9.86 Å². The monoisotopic (exact) mass is 486 g/mol. The van der Waals surface area contributed by atoms with Gasteiger partial charge in [-0.15, -0.1) is 16.4 Å². The normalized spacial score (nSPS) is 11.3. The van der Waals surface area contributed by atoms with Crippen molar-refractivity contribution < 1.29 is 9.53 Å². The predicted octanol–water partition coefficient (Wildman–Crippen LogP) is 4.73. The molecule has 3 heterocycles. The summed E-state index contributed by atoms with van der Waals surface area (Å²) in [5.41, 5.74) is 3.09.